The maximum Gasteiger partial charge on any atom is 0.419 e. The van der Waals surface area contributed by atoms with Gasteiger partial charge in [-0.1, -0.05) is 37.6 Å². The number of hydrogen-bond donors (Lipinski definition) is 2. The van der Waals surface area contributed by atoms with Crippen LogP contribution in [0.3, 0.4) is 0 Å². The van der Waals surface area contributed by atoms with Gasteiger partial charge in [-0.3, -0.25) is 9.36 Å². The first kappa shape index (κ1) is 24.0. The number of aromatic nitrogens is 1. The van der Waals surface area contributed by atoms with Crippen molar-refractivity contribution in [1.29, 1.82) is 0 Å². The van der Waals surface area contributed by atoms with E-state index in [0.29, 0.717) is 29.9 Å². The molecule has 3 rings (SSSR count). The monoisotopic (exact) mass is 479 g/mol. The first-order chi connectivity index (χ1) is 15.1. The predicted molar refractivity (Wildman–Crippen MR) is 123 cm³/mol. The van der Waals surface area contributed by atoms with Gasteiger partial charge in [0.05, 0.1) is 10.4 Å². The van der Waals surface area contributed by atoms with E-state index in [1.54, 1.807) is 12.1 Å². The molecule has 172 valence electrons. The Morgan fingerprint density at radius 3 is 2.50 bits per heavy atom. The second-order valence-corrected chi connectivity index (χ2v) is 10.2. The van der Waals surface area contributed by atoms with Crippen molar-refractivity contribution < 1.29 is 17.6 Å². The number of carbonyl (C=O) groups is 1. The van der Waals surface area contributed by atoms with Crippen LogP contribution in [0, 0.1) is 5.92 Å². The Labute approximate surface area is 191 Å². The molecule has 2 N–H and O–H groups in total. The van der Waals surface area contributed by atoms with E-state index in [1.165, 1.54) is 29.8 Å². The molecule has 1 aromatic heterocycles. The molecule has 1 amide bonds. The van der Waals surface area contributed by atoms with Crippen LogP contribution in [-0.2, 0) is 28.3 Å². The van der Waals surface area contributed by atoms with E-state index in [4.69, 9.17) is 16.0 Å². The summed E-state index contributed by atoms with van der Waals surface area (Å²) in [7, 11) is -2.49. The number of hydrogen-bond acceptors (Lipinski definition) is 5. The summed E-state index contributed by atoms with van der Waals surface area (Å²) >= 11 is 5.88. The molecule has 0 spiro atoms. The van der Waals surface area contributed by atoms with Crippen LogP contribution >= 0.6 is 11.6 Å². The Morgan fingerprint density at radius 1 is 1.16 bits per heavy atom. The van der Waals surface area contributed by atoms with Gasteiger partial charge in [0.1, 0.15) is 6.04 Å². The molecule has 0 radical (unpaired) electrons. The highest BCUT2D eigenvalue weighted by Crippen LogP contribution is 2.19. The number of benzene rings is 2. The van der Waals surface area contributed by atoms with Crippen molar-refractivity contribution in [2.45, 2.75) is 37.6 Å². The third kappa shape index (κ3) is 5.79. The van der Waals surface area contributed by atoms with Gasteiger partial charge in [0.15, 0.2) is 5.58 Å². The van der Waals surface area contributed by atoms with Crippen LogP contribution in [0.4, 0.5) is 0 Å². The van der Waals surface area contributed by atoms with E-state index < -0.39 is 27.7 Å². The Balaban J connectivity index is 1.72. The van der Waals surface area contributed by atoms with Crippen LogP contribution < -0.4 is 15.8 Å². The smallest absolute Gasteiger partial charge is 0.408 e. The largest absolute Gasteiger partial charge is 0.419 e. The second kappa shape index (κ2) is 9.89. The highest BCUT2D eigenvalue weighted by molar-refractivity contribution is 7.89. The standard InChI is InChI=1S/C22H26ClN3O5S/c1-14(2)12-18(21(27)24-11-10-15-4-6-16(23)7-5-15)25-32(29,30)17-8-9-19-20(13-17)31-22(28)26(19)3/h4-9,13-14,18,25H,10-12H2,1-3H3,(H,24,27)/t18-/m1/s1. The maximum absolute atomic E-state index is 13.0. The van der Waals surface area contributed by atoms with E-state index in [9.17, 15) is 18.0 Å². The number of oxazole rings is 1. The summed E-state index contributed by atoms with van der Waals surface area (Å²) in [6.45, 7) is 4.18. The molecule has 32 heavy (non-hydrogen) atoms. The lowest BCUT2D eigenvalue weighted by molar-refractivity contribution is -0.123. The number of nitrogens with zero attached hydrogens (tertiary/aromatic N) is 1. The van der Waals surface area contributed by atoms with Crippen LogP contribution in [0.15, 0.2) is 56.6 Å². The van der Waals surface area contributed by atoms with Gasteiger partial charge in [-0.05, 0) is 48.6 Å². The average Bonchev–Trinajstić information content (AvgIpc) is 3.01. The van der Waals surface area contributed by atoms with Crippen molar-refractivity contribution in [2.24, 2.45) is 13.0 Å². The van der Waals surface area contributed by atoms with Gasteiger partial charge >= 0.3 is 5.76 Å². The van der Waals surface area contributed by atoms with Crippen LogP contribution in [-0.4, -0.2) is 31.5 Å². The molecule has 0 unspecified atom stereocenters. The van der Waals surface area contributed by atoms with E-state index in [2.05, 4.69) is 10.0 Å². The van der Waals surface area contributed by atoms with Gasteiger partial charge < -0.3 is 9.73 Å². The van der Waals surface area contributed by atoms with Crippen molar-refractivity contribution in [2.75, 3.05) is 6.54 Å². The molecule has 10 heteroatoms. The quantitative estimate of drug-likeness (QED) is 0.490. The van der Waals surface area contributed by atoms with E-state index in [-0.39, 0.29) is 16.4 Å². The van der Waals surface area contributed by atoms with Crippen molar-refractivity contribution >= 4 is 38.6 Å². The highest BCUT2D eigenvalue weighted by Gasteiger charge is 2.27. The fraction of sp³-hybridized carbons (Fsp3) is 0.364. The predicted octanol–water partition coefficient (Wildman–Crippen LogP) is 2.84. The van der Waals surface area contributed by atoms with Crippen molar-refractivity contribution in [1.82, 2.24) is 14.6 Å². The van der Waals surface area contributed by atoms with E-state index >= 15 is 0 Å². The zero-order chi connectivity index (χ0) is 23.5. The Kier molecular flexibility index (Phi) is 7.43. The third-order valence-electron chi connectivity index (χ3n) is 5.02. The summed E-state index contributed by atoms with van der Waals surface area (Å²) in [5.41, 5.74) is 1.65. The molecule has 0 bridgehead atoms. The number of carbonyl (C=O) groups excluding carboxylic acids is 1. The lowest BCUT2D eigenvalue weighted by atomic mass is 10.0. The molecular weight excluding hydrogens is 454 g/mol. The minimum Gasteiger partial charge on any atom is -0.408 e. The number of fused-ring (bicyclic) bond motifs is 1. The SMILES string of the molecule is CC(C)C[C@@H](NS(=O)(=O)c1ccc2c(c1)oc(=O)n2C)C(=O)NCCc1ccc(Cl)cc1. The fourth-order valence-corrected chi connectivity index (χ4v) is 4.67. The number of nitrogens with one attached hydrogen (secondary N) is 2. The summed E-state index contributed by atoms with van der Waals surface area (Å²) in [6.07, 6.45) is 0.919. The number of amides is 1. The Morgan fingerprint density at radius 2 is 1.84 bits per heavy atom. The molecule has 0 saturated carbocycles. The van der Waals surface area contributed by atoms with E-state index in [1.807, 2.05) is 26.0 Å². The molecule has 0 saturated heterocycles. The van der Waals surface area contributed by atoms with E-state index in [0.717, 1.165) is 5.56 Å². The first-order valence-corrected chi connectivity index (χ1v) is 12.1. The minimum atomic E-state index is -4.02. The Hall–Kier alpha value is -2.62. The second-order valence-electron chi connectivity index (χ2n) is 8.03. The molecule has 2 aromatic carbocycles. The third-order valence-corrected chi connectivity index (χ3v) is 6.74. The summed E-state index contributed by atoms with van der Waals surface area (Å²) in [5, 5.41) is 3.44. The molecule has 8 nitrogen and oxygen atoms in total. The van der Waals surface area contributed by atoms with Crippen LogP contribution in [0.5, 0.6) is 0 Å². The molecule has 1 heterocycles. The van der Waals surface area contributed by atoms with Gasteiger partial charge in [-0.25, -0.2) is 13.2 Å². The topological polar surface area (TPSA) is 110 Å². The van der Waals surface area contributed by atoms with Gasteiger partial charge in [0.25, 0.3) is 0 Å². The normalized spacial score (nSPS) is 12.9. The van der Waals surface area contributed by atoms with Gasteiger partial charge in [0, 0.05) is 24.7 Å². The summed E-state index contributed by atoms with van der Waals surface area (Å²) < 4.78 is 34.8. The summed E-state index contributed by atoms with van der Waals surface area (Å²) in [5.74, 6) is -0.900. The average molecular weight is 480 g/mol. The van der Waals surface area contributed by atoms with Crippen molar-refractivity contribution in [3.8, 4) is 0 Å². The van der Waals surface area contributed by atoms with Gasteiger partial charge in [0.2, 0.25) is 15.9 Å². The molecule has 0 aliphatic carbocycles. The lowest BCUT2D eigenvalue weighted by Crippen LogP contribution is -2.47. The molecule has 0 aliphatic rings. The maximum atomic E-state index is 13.0. The van der Waals surface area contributed by atoms with Gasteiger partial charge in [-0.2, -0.15) is 4.72 Å². The lowest BCUT2D eigenvalue weighted by Gasteiger charge is -2.20. The number of sulfonamides is 1. The minimum absolute atomic E-state index is 0.0814. The van der Waals surface area contributed by atoms with Crippen molar-refractivity contribution in [3.05, 3.63) is 63.6 Å². The van der Waals surface area contributed by atoms with Crippen LogP contribution in [0.2, 0.25) is 5.02 Å². The summed E-state index contributed by atoms with van der Waals surface area (Å²) in [4.78, 5) is 24.4. The van der Waals surface area contributed by atoms with Gasteiger partial charge in [-0.15, -0.1) is 0 Å². The number of halogens is 1. The highest BCUT2D eigenvalue weighted by atomic mass is 35.5. The number of aryl methyl sites for hydroxylation is 1. The van der Waals surface area contributed by atoms with Crippen LogP contribution in [0.25, 0.3) is 11.1 Å². The summed E-state index contributed by atoms with van der Waals surface area (Å²) in [6, 6.07) is 10.5. The molecule has 0 aliphatic heterocycles. The van der Waals surface area contributed by atoms with Crippen LogP contribution in [0.1, 0.15) is 25.8 Å². The molecule has 1 atom stereocenters. The molecule has 3 aromatic rings. The molecule has 0 fully saturated rings. The number of rotatable bonds is 9. The Bertz CT molecular complexity index is 1260. The first-order valence-electron chi connectivity index (χ1n) is 10.2. The van der Waals surface area contributed by atoms with Crippen molar-refractivity contribution in [3.63, 3.8) is 0 Å². The zero-order valence-electron chi connectivity index (χ0n) is 18.1. The zero-order valence-corrected chi connectivity index (χ0v) is 19.7. The molecular formula is C22H26ClN3O5S. The fourth-order valence-electron chi connectivity index (χ4n) is 3.32.